The van der Waals surface area contributed by atoms with Crippen LogP contribution in [0, 0.1) is 6.92 Å². The van der Waals surface area contributed by atoms with Crippen molar-refractivity contribution in [1.29, 1.82) is 0 Å². The summed E-state index contributed by atoms with van der Waals surface area (Å²) in [6.45, 7) is 3.99. The summed E-state index contributed by atoms with van der Waals surface area (Å²) in [5.74, 6) is -0.789. The number of nitrogens with one attached hydrogen (secondary N) is 1. The second kappa shape index (κ2) is 10.7. The highest BCUT2D eigenvalue weighted by Crippen LogP contribution is 2.43. The van der Waals surface area contributed by atoms with E-state index >= 15 is 0 Å². The van der Waals surface area contributed by atoms with Crippen LogP contribution in [0.25, 0.3) is 11.2 Å². The number of imidazole rings is 1. The molecule has 3 aromatic rings. The van der Waals surface area contributed by atoms with E-state index in [0.717, 1.165) is 57.6 Å². The third-order valence-electron chi connectivity index (χ3n) is 10.6. The lowest BCUT2D eigenvalue weighted by atomic mass is 9.92. The summed E-state index contributed by atoms with van der Waals surface area (Å²) in [6, 6.07) is 1.52. The Bertz CT molecular complexity index is 1700. The highest BCUT2D eigenvalue weighted by molar-refractivity contribution is 6.09. The van der Waals surface area contributed by atoms with Gasteiger partial charge in [-0.1, -0.05) is 0 Å². The van der Waals surface area contributed by atoms with Gasteiger partial charge in [-0.05, 0) is 70.0 Å². The van der Waals surface area contributed by atoms with Gasteiger partial charge >= 0.3 is 12.2 Å². The number of ether oxygens (including phenoxy) is 1. The number of fused-ring (bicyclic) bond motifs is 4. The molecule has 4 saturated heterocycles. The van der Waals surface area contributed by atoms with Gasteiger partial charge in [0.25, 0.3) is 0 Å². The summed E-state index contributed by atoms with van der Waals surface area (Å²) in [6.07, 6.45) is 0.812. The number of halogens is 4. The molecule has 5 fully saturated rings. The Morgan fingerprint density at radius 1 is 1.09 bits per heavy atom. The van der Waals surface area contributed by atoms with Crippen LogP contribution < -0.4 is 20.7 Å². The van der Waals surface area contributed by atoms with Crippen LogP contribution in [0.5, 0.6) is 6.01 Å². The lowest BCUT2D eigenvalue weighted by Gasteiger charge is -2.35. The summed E-state index contributed by atoms with van der Waals surface area (Å²) in [5, 5.41) is 3.62. The molecule has 0 spiro atoms. The van der Waals surface area contributed by atoms with Crippen LogP contribution in [0.15, 0.2) is 6.07 Å². The van der Waals surface area contributed by atoms with Crippen LogP contribution in [-0.4, -0.2) is 91.8 Å². The highest BCUT2D eigenvalue weighted by atomic mass is 19.4. The van der Waals surface area contributed by atoms with Crippen molar-refractivity contribution in [2.24, 2.45) is 0 Å². The molecule has 246 valence electrons. The van der Waals surface area contributed by atoms with Gasteiger partial charge in [0.05, 0.1) is 11.1 Å². The Labute approximate surface area is 262 Å². The van der Waals surface area contributed by atoms with Crippen molar-refractivity contribution in [2.75, 3.05) is 43.4 Å². The van der Waals surface area contributed by atoms with Gasteiger partial charge in [-0.15, -0.1) is 0 Å². The zero-order chi connectivity index (χ0) is 32.0. The molecule has 5 aliphatic rings. The van der Waals surface area contributed by atoms with Gasteiger partial charge in [-0.2, -0.15) is 23.1 Å². The van der Waals surface area contributed by atoms with Crippen molar-refractivity contribution < 1.29 is 27.1 Å². The maximum Gasteiger partial charge on any atom is 0.418 e. The van der Waals surface area contributed by atoms with Gasteiger partial charge in [-0.3, -0.25) is 9.69 Å². The molecule has 2 unspecified atom stereocenters. The number of carbonyl (C=O) groups is 1. The van der Waals surface area contributed by atoms with E-state index in [9.17, 15) is 22.4 Å². The van der Waals surface area contributed by atoms with E-state index in [1.54, 1.807) is 4.57 Å². The maximum absolute atomic E-state index is 14.5. The fourth-order valence-electron chi connectivity index (χ4n) is 8.35. The third kappa shape index (κ3) is 4.88. The lowest BCUT2D eigenvalue weighted by Crippen LogP contribution is -2.51. The van der Waals surface area contributed by atoms with Crippen molar-refractivity contribution in [1.82, 2.24) is 34.7 Å². The molecule has 46 heavy (non-hydrogen) atoms. The standard InChI is InChI=1S/C31H37F4N9O2/c1-16-10-21(36)38-23(22(16)31(33,34)35)25(45)28-39-26-24(44(28)20-4-2-5-20)27(42-13-18-6-7-19(14-42)37-18)41-29(40-26)46-15-30-8-3-9-43(30)12-17(32)11-30/h10,17-20,37H,2-9,11-15H2,1H3,(H2,36,38)/t17-,18?,19?,30+/m1/s1. The van der Waals surface area contributed by atoms with E-state index in [0.29, 0.717) is 37.4 Å². The molecule has 15 heteroatoms. The van der Waals surface area contributed by atoms with E-state index in [-0.39, 0.29) is 53.6 Å². The molecule has 4 aliphatic heterocycles. The molecule has 0 radical (unpaired) electrons. The molecule has 11 nitrogen and oxygen atoms in total. The van der Waals surface area contributed by atoms with Crippen LogP contribution in [-0.2, 0) is 6.18 Å². The quantitative estimate of drug-likeness (QED) is 0.288. The molecule has 3 aromatic heterocycles. The molecule has 4 atom stereocenters. The fraction of sp³-hybridized carbons (Fsp3) is 0.645. The Hall–Kier alpha value is -3.59. The molecular formula is C31H37F4N9O2. The van der Waals surface area contributed by atoms with Crippen LogP contribution in [0.3, 0.4) is 0 Å². The van der Waals surface area contributed by atoms with E-state index < -0.39 is 34.9 Å². The predicted molar refractivity (Wildman–Crippen MR) is 161 cm³/mol. The van der Waals surface area contributed by atoms with Crippen LogP contribution in [0.2, 0.25) is 0 Å². The summed E-state index contributed by atoms with van der Waals surface area (Å²) in [7, 11) is 0. The Morgan fingerprint density at radius 3 is 2.54 bits per heavy atom. The Balaban J connectivity index is 1.26. The Morgan fingerprint density at radius 2 is 1.85 bits per heavy atom. The smallest absolute Gasteiger partial charge is 0.418 e. The molecule has 2 bridgehead atoms. The first-order valence-electron chi connectivity index (χ1n) is 16.2. The van der Waals surface area contributed by atoms with Gasteiger partial charge in [0, 0.05) is 44.2 Å². The highest BCUT2D eigenvalue weighted by Gasteiger charge is 2.49. The number of pyridine rings is 1. The minimum atomic E-state index is -4.83. The summed E-state index contributed by atoms with van der Waals surface area (Å²) < 4.78 is 65.3. The van der Waals surface area contributed by atoms with Crippen LogP contribution >= 0.6 is 0 Å². The first-order valence-corrected chi connectivity index (χ1v) is 16.2. The summed E-state index contributed by atoms with van der Waals surface area (Å²) in [5.41, 5.74) is 4.01. The van der Waals surface area contributed by atoms with E-state index in [1.165, 1.54) is 6.92 Å². The number of nitrogens with zero attached hydrogens (tertiary/aromatic N) is 7. The first-order chi connectivity index (χ1) is 22.0. The maximum atomic E-state index is 14.5. The van der Waals surface area contributed by atoms with E-state index in [1.807, 2.05) is 0 Å². The number of alkyl halides is 4. The number of anilines is 2. The topological polar surface area (TPSA) is 127 Å². The van der Waals surface area contributed by atoms with Gasteiger partial charge < -0.3 is 25.3 Å². The average Bonchev–Trinajstić information content (AvgIpc) is 3.70. The van der Waals surface area contributed by atoms with Crippen molar-refractivity contribution in [2.45, 2.75) is 94.3 Å². The molecule has 3 N–H and O–H groups in total. The number of nitrogens with two attached hydrogens (primary N) is 1. The number of ketones is 1. The fourth-order valence-corrected chi connectivity index (χ4v) is 8.35. The number of hydrogen-bond donors (Lipinski definition) is 2. The lowest BCUT2D eigenvalue weighted by molar-refractivity contribution is -0.138. The zero-order valence-corrected chi connectivity index (χ0v) is 25.6. The number of nitrogen functional groups attached to an aromatic ring is 1. The second-order valence-corrected chi connectivity index (χ2v) is 13.7. The molecular weight excluding hydrogens is 606 g/mol. The van der Waals surface area contributed by atoms with Crippen molar-refractivity contribution in [3.8, 4) is 6.01 Å². The molecule has 0 aromatic carbocycles. The van der Waals surface area contributed by atoms with E-state index in [4.69, 9.17) is 15.5 Å². The predicted octanol–water partition coefficient (Wildman–Crippen LogP) is 3.98. The number of aryl methyl sites for hydroxylation is 1. The first kappa shape index (κ1) is 29.8. The third-order valence-corrected chi connectivity index (χ3v) is 10.6. The monoisotopic (exact) mass is 643 g/mol. The number of hydrogen-bond acceptors (Lipinski definition) is 10. The number of carbonyl (C=O) groups excluding carboxylic acids is 1. The van der Waals surface area contributed by atoms with Crippen molar-refractivity contribution >= 4 is 28.6 Å². The minimum Gasteiger partial charge on any atom is -0.461 e. The number of aromatic nitrogens is 5. The summed E-state index contributed by atoms with van der Waals surface area (Å²) >= 11 is 0. The van der Waals surface area contributed by atoms with E-state index in [2.05, 4.69) is 30.1 Å². The van der Waals surface area contributed by atoms with Crippen LogP contribution in [0.4, 0.5) is 29.2 Å². The van der Waals surface area contributed by atoms with Crippen LogP contribution in [0.1, 0.15) is 84.8 Å². The Kier molecular flexibility index (Phi) is 6.94. The normalized spacial score (nSPS) is 28.2. The molecule has 0 amide bonds. The van der Waals surface area contributed by atoms with Crippen molar-refractivity contribution in [3.63, 3.8) is 0 Å². The van der Waals surface area contributed by atoms with Crippen molar-refractivity contribution in [3.05, 3.63) is 28.7 Å². The van der Waals surface area contributed by atoms with Gasteiger partial charge in [0.2, 0.25) is 5.78 Å². The average molecular weight is 644 g/mol. The van der Waals surface area contributed by atoms with Gasteiger partial charge in [0.15, 0.2) is 17.3 Å². The molecule has 1 aliphatic carbocycles. The van der Waals surface area contributed by atoms with Gasteiger partial charge in [0.1, 0.15) is 29.8 Å². The molecule has 1 saturated carbocycles. The number of piperazine rings is 1. The largest absolute Gasteiger partial charge is 0.461 e. The second-order valence-electron chi connectivity index (χ2n) is 13.7. The summed E-state index contributed by atoms with van der Waals surface area (Å²) in [4.78, 5) is 36.5. The molecule has 8 rings (SSSR count). The molecule has 7 heterocycles. The SMILES string of the molecule is Cc1cc(N)nc(C(=O)c2nc3nc(OC[C@@]45CCCN4C[C@H](F)C5)nc(N4CC5CCC(C4)N5)c3n2C2CCC2)c1C(F)(F)F. The van der Waals surface area contributed by atoms with Gasteiger partial charge in [-0.25, -0.2) is 14.4 Å². The minimum absolute atomic E-state index is 0.0584. The number of rotatable bonds is 7. The zero-order valence-electron chi connectivity index (χ0n) is 25.6.